The molecule has 4 heteroatoms. The summed E-state index contributed by atoms with van der Waals surface area (Å²) in [5, 5.41) is 0. The Labute approximate surface area is 94.9 Å². The van der Waals surface area contributed by atoms with E-state index < -0.39 is 0 Å². The molecule has 0 aromatic heterocycles. The fourth-order valence-electron chi connectivity index (χ4n) is 1.23. The molecule has 0 bridgehead atoms. The van der Waals surface area contributed by atoms with E-state index in [2.05, 4.69) is 24.5 Å². The number of nitrogens with zero attached hydrogens (tertiary/aromatic N) is 1. The first-order chi connectivity index (χ1) is 6.09. The van der Waals surface area contributed by atoms with Crippen molar-refractivity contribution in [3.63, 3.8) is 0 Å². The van der Waals surface area contributed by atoms with Crippen molar-refractivity contribution in [1.82, 2.24) is 0 Å². The maximum atomic E-state index is 5.14. The van der Waals surface area contributed by atoms with E-state index in [-0.39, 0.29) is 0 Å². The fourth-order valence-corrected chi connectivity index (χ4v) is 2.33. The molecule has 13 heavy (non-hydrogen) atoms. The van der Waals surface area contributed by atoms with E-state index in [9.17, 15) is 0 Å². The van der Waals surface area contributed by atoms with Gasteiger partial charge in [0.05, 0.1) is 14.7 Å². The SMILES string of the molecule is CCCCN(C)c1c(S)c(=S)c1=S. The molecule has 1 aromatic rings. The molecule has 0 N–H and O–H groups in total. The van der Waals surface area contributed by atoms with Crippen LogP contribution in [0.15, 0.2) is 4.90 Å². The van der Waals surface area contributed by atoms with Gasteiger partial charge in [-0.25, -0.2) is 0 Å². The molecule has 0 unspecified atom stereocenters. The number of unbranched alkanes of at least 4 members (excludes halogenated alkanes) is 1. The number of hydrogen-bond acceptors (Lipinski definition) is 4. The highest BCUT2D eigenvalue weighted by atomic mass is 32.1. The first-order valence-electron chi connectivity index (χ1n) is 4.33. The third-order valence-corrected chi connectivity index (χ3v) is 3.61. The minimum absolute atomic E-state index is 0.747. The van der Waals surface area contributed by atoms with E-state index in [1.54, 1.807) is 0 Å². The van der Waals surface area contributed by atoms with E-state index >= 15 is 0 Å². The van der Waals surface area contributed by atoms with Crippen molar-refractivity contribution in [2.24, 2.45) is 0 Å². The molecule has 0 spiro atoms. The monoisotopic (exact) mass is 231 g/mol. The van der Waals surface area contributed by atoms with E-state index in [4.69, 9.17) is 24.4 Å². The van der Waals surface area contributed by atoms with Crippen LogP contribution in [0.5, 0.6) is 0 Å². The van der Waals surface area contributed by atoms with Gasteiger partial charge < -0.3 is 4.90 Å². The minimum Gasteiger partial charge on any atom is -0.372 e. The maximum Gasteiger partial charge on any atom is 0.0815 e. The molecule has 0 amide bonds. The second-order valence-electron chi connectivity index (χ2n) is 3.13. The van der Waals surface area contributed by atoms with Gasteiger partial charge in [-0.15, -0.1) is 12.6 Å². The molecule has 0 aliphatic heterocycles. The van der Waals surface area contributed by atoms with Crippen LogP contribution in [0.25, 0.3) is 0 Å². The Morgan fingerprint density at radius 2 is 1.92 bits per heavy atom. The van der Waals surface area contributed by atoms with Gasteiger partial charge in [0.25, 0.3) is 0 Å². The Bertz CT molecular complexity index is 363. The van der Waals surface area contributed by atoms with E-state index in [1.165, 1.54) is 12.8 Å². The van der Waals surface area contributed by atoms with E-state index in [0.29, 0.717) is 0 Å². The van der Waals surface area contributed by atoms with Crippen molar-refractivity contribution < 1.29 is 0 Å². The van der Waals surface area contributed by atoms with Crippen molar-refractivity contribution >= 4 is 42.8 Å². The van der Waals surface area contributed by atoms with E-state index in [0.717, 1.165) is 26.1 Å². The highest BCUT2D eigenvalue weighted by Crippen LogP contribution is 2.32. The molecule has 0 radical (unpaired) electrons. The standard InChI is InChI=1S/C9H13NS3/c1-3-4-5-10(2)6-7(11)9(13)8(6)12/h11H,3-5H2,1-2H3. The topological polar surface area (TPSA) is 3.24 Å². The van der Waals surface area contributed by atoms with Crippen molar-refractivity contribution in [3.05, 3.63) is 9.02 Å². The quantitative estimate of drug-likeness (QED) is 0.624. The van der Waals surface area contributed by atoms with Gasteiger partial charge in [0.15, 0.2) is 0 Å². The van der Waals surface area contributed by atoms with Crippen LogP contribution in [-0.2, 0) is 0 Å². The minimum atomic E-state index is 0.747. The summed E-state index contributed by atoms with van der Waals surface area (Å²) in [6.45, 7) is 3.20. The maximum absolute atomic E-state index is 5.14. The molecule has 0 fully saturated rings. The molecule has 0 saturated heterocycles. The van der Waals surface area contributed by atoms with Crippen LogP contribution < -0.4 is 4.90 Å². The molecular weight excluding hydrogens is 218 g/mol. The Balaban J connectivity index is 2.74. The molecule has 1 nitrogen and oxygen atoms in total. The van der Waals surface area contributed by atoms with Gasteiger partial charge in [-0.3, -0.25) is 0 Å². The lowest BCUT2D eigenvalue weighted by atomic mass is 10.2. The zero-order chi connectivity index (χ0) is 10.0. The fraction of sp³-hybridized carbons (Fsp3) is 0.556. The first-order valence-corrected chi connectivity index (χ1v) is 5.59. The lowest BCUT2D eigenvalue weighted by Crippen LogP contribution is -2.20. The van der Waals surface area contributed by atoms with Crippen molar-refractivity contribution in [3.8, 4) is 0 Å². The van der Waals surface area contributed by atoms with Crippen LogP contribution in [0.1, 0.15) is 19.8 Å². The number of rotatable bonds is 4. The average molecular weight is 231 g/mol. The molecule has 1 rings (SSSR count). The van der Waals surface area contributed by atoms with Gasteiger partial charge in [-0.1, -0.05) is 37.8 Å². The molecule has 0 saturated carbocycles. The average Bonchev–Trinajstić information content (AvgIpc) is 2.14. The number of anilines is 1. The second-order valence-corrected chi connectivity index (χ2v) is 4.39. The van der Waals surface area contributed by atoms with Crippen LogP contribution in [0.4, 0.5) is 5.69 Å². The predicted octanol–water partition coefficient (Wildman–Crippen LogP) is 3.55. The summed E-state index contributed by atoms with van der Waals surface area (Å²) in [7, 11) is 2.04. The smallest absolute Gasteiger partial charge is 0.0815 e. The summed E-state index contributed by atoms with van der Waals surface area (Å²) < 4.78 is 1.55. The summed E-state index contributed by atoms with van der Waals surface area (Å²) in [5.74, 6) is 0. The largest absolute Gasteiger partial charge is 0.372 e. The number of thiol groups is 1. The Hall–Kier alpha value is 0.0700. The van der Waals surface area contributed by atoms with E-state index in [1.807, 2.05) is 7.05 Å². The van der Waals surface area contributed by atoms with Gasteiger partial charge >= 0.3 is 0 Å². The highest BCUT2D eigenvalue weighted by Gasteiger charge is 2.14. The third kappa shape index (κ3) is 2.11. The van der Waals surface area contributed by atoms with Crippen molar-refractivity contribution in [2.45, 2.75) is 24.7 Å². The Morgan fingerprint density at radius 1 is 1.31 bits per heavy atom. The highest BCUT2D eigenvalue weighted by molar-refractivity contribution is 7.81. The van der Waals surface area contributed by atoms with Gasteiger partial charge in [0.2, 0.25) is 0 Å². The zero-order valence-corrected chi connectivity index (χ0v) is 10.4. The summed E-state index contributed by atoms with van der Waals surface area (Å²) in [4.78, 5) is 3.03. The molecular formula is C9H13NS3. The van der Waals surface area contributed by atoms with Crippen LogP contribution >= 0.6 is 37.1 Å². The van der Waals surface area contributed by atoms with Crippen LogP contribution in [0.2, 0.25) is 0 Å². The van der Waals surface area contributed by atoms with Gasteiger partial charge in [0, 0.05) is 18.5 Å². The molecule has 0 atom stereocenters. The lowest BCUT2D eigenvalue weighted by Gasteiger charge is -2.23. The zero-order valence-electron chi connectivity index (χ0n) is 7.83. The summed E-state index contributed by atoms with van der Waals surface area (Å²) >= 11 is 14.5. The molecule has 72 valence electrons. The molecule has 0 heterocycles. The van der Waals surface area contributed by atoms with Crippen LogP contribution in [-0.4, -0.2) is 13.6 Å². The van der Waals surface area contributed by atoms with Gasteiger partial charge in [-0.05, 0) is 6.42 Å². The van der Waals surface area contributed by atoms with Gasteiger partial charge in [-0.2, -0.15) is 0 Å². The normalized spacial score (nSPS) is 10.7. The molecule has 1 aromatic carbocycles. The summed E-state index contributed by atoms with van der Waals surface area (Å²) in [5.41, 5.74) is 1.05. The van der Waals surface area contributed by atoms with Crippen LogP contribution in [0.3, 0.4) is 0 Å². The van der Waals surface area contributed by atoms with Crippen molar-refractivity contribution in [2.75, 3.05) is 18.5 Å². The van der Waals surface area contributed by atoms with Crippen LogP contribution in [0, 0.1) is 9.02 Å². The molecule has 0 aliphatic rings. The lowest BCUT2D eigenvalue weighted by molar-refractivity contribution is 0.759. The first kappa shape index (κ1) is 11.1. The van der Waals surface area contributed by atoms with Gasteiger partial charge in [0.1, 0.15) is 0 Å². The Morgan fingerprint density at radius 3 is 2.38 bits per heavy atom. The number of hydrogen-bond donors (Lipinski definition) is 1. The molecule has 0 aliphatic carbocycles. The third-order valence-electron chi connectivity index (χ3n) is 2.09. The summed E-state index contributed by atoms with van der Waals surface area (Å²) in [6, 6.07) is 0. The summed E-state index contributed by atoms with van der Waals surface area (Å²) in [6.07, 6.45) is 2.37. The second kappa shape index (κ2) is 4.53. The Kier molecular flexibility index (Phi) is 3.88. The predicted molar refractivity (Wildman–Crippen MR) is 65.9 cm³/mol. The van der Waals surface area contributed by atoms with Crippen molar-refractivity contribution in [1.29, 1.82) is 0 Å².